The number of hydrogen-bond acceptors (Lipinski definition) is 7. The van der Waals surface area contributed by atoms with Crippen LogP contribution in [0.2, 0.25) is 0 Å². The maximum Gasteiger partial charge on any atom is 0.323 e. The first-order valence-electron chi connectivity index (χ1n) is 6.61. The average Bonchev–Trinajstić information content (AvgIpc) is 2.36. The van der Waals surface area contributed by atoms with Crippen LogP contribution in [-0.2, 0) is 4.74 Å². The largest absolute Gasteiger partial charge is 0.463 e. The summed E-state index contributed by atoms with van der Waals surface area (Å²) in [5, 5.41) is 3.27. The van der Waals surface area contributed by atoms with Crippen molar-refractivity contribution in [2.45, 2.75) is 38.6 Å². The molecule has 0 saturated carbocycles. The van der Waals surface area contributed by atoms with Crippen LogP contribution in [0.25, 0.3) is 0 Å². The highest BCUT2D eigenvalue weighted by atomic mass is 16.5. The first kappa shape index (κ1) is 13.8. The number of nitrogens with two attached hydrogens (primary N) is 1. The van der Waals surface area contributed by atoms with Crippen LogP contribution >= 0.6 is 0 Å². The minimum Gasteiger partial charge on any atom is -0.463 e. The summed E-state index contributed by atoms with van der Waals surface area (Å²) in [4.78, 5) is 12.3. The predicted molar refractivity (Wildman–Crippen MR) is 72.1 cm³/mol. The van der Waals surface area contributed by atoms with Gasteiger partial charge in [0.15, 0.2) is 0 Å². The lowest BCUT2D eigenvalue weighted by atomic mass is 9.95. The standard InChI is InChI=1S/C12H21N5O2/c1-3-6-19-11-15-9(13)14-10(16-11)17-12(2)5-4-7-18-8-12/h3-8H2,1-2H3,(H3,13,14,15,16,17). The average molecular weight is 267 g/mol. The molecule has 3 N–H and O–H groups in total. The maximum absolute atomic E-state index is 5.67. The number of nitrogens with zero attached hydrogens (tertiary/aromatic N) is 3. The number of ether oxygens (including phenoxy) is 2. The van der Waals surface area contributed by atoms with Gasteiger partial charge in [-0.2, -0.15) is 15.0 Å². The van der Waals surface area contributed by atoms with E-state index in [1.165, 1.54) is 0 Å². The third kappa shape index (κ3) is 3.92. The summed E-state index contributed by atoms with van der Waals surface area (Å²) in [6.45, 7) is 6.09. The number of hydrogen-bond donors (Lipinski definition) is 2. The first-order chi connectivity index (χ1) is 9.11. The Morgan fingerprint density at radius 2 is 2.26 bits per heavy atom. The van der Waals surface area contributed by atoms with Gasteiger partial charge in [0.1, 0.15) is 0 Å². The molecule has 1 unspecified atom stereocenters. The van der Waals surface area contributed by atoms with Crippen LogP contribution in [0, 0.1) is 0 Å². The third-order valence-corrected chi connectivity index (χ3v) is 2.92. The summed E-state index contributed by atoms with van der Waals surface area (Å²) in [5.74, 6) is 0.593. The molecule has 19 heavy (non-hydrogen) atoms. The van der Waals surface area contributed by atoms with Gasteiger partial charge in [-0.25, -0.2) is 0 Å². The first-order valence-corrected chi connectivity index (χ1v) is 6.61. The van der Waals surface area contributed by atoms with Crippen molar-refractivity contribution in [1.29, 1.82) is 0 Å². The molecule has 1 aromatic rings. The Morgan fingerprint density at radius 1 is 1.42 bits per heavy atom. The van der Waals surface area contributed by atoms with Gasteiger partial charge in [0.25, 0.3) is 0 Å². The van der Waals surface area contributed by atoms with E-state index in [0.717, 1.165) is 25.9 Å². The molecule has 7 heteroatoms. The molecule has 0 radical (unpaired) electrons. The Morgan fingerprint density at radius 3 is 2.95 bits per heavy atom. The van der Waals surface area contributed by atoms with Crippen LogP contribution in [0.1, 0.15) is 33.1 Å². The molecule has 1 aliphatic heterocycles. The number of nitrogen functional groups attached to an aromatic ring is 1. The van der Waals surface area contributed by atoms with Gasteiger partial charge in [0, 0.05) is 6.61 Å². The Balaban J connectivity index is 2.08. The zero-order valence-corrected chi connectivity index (χ0v) is 11.5. The van der Waals surface area contributed by atoms with Crippen LogP contribution in [0.5, 0.6) is 6.01 Å². The highest BCUT2D eigenvalue weighted by molar-refractivity contribution is 5.35. The van der Waals surface area contributed by atoms with Gasteiger partial charge in [0.05, 0.1) is 18.8 Å². The second-order valence-electron chi connectivity index (χ2n) is 4.99. The van der Waals surface area contributed by atoms with Gasteiger partial charge in [0.2, 0.25) is 11.9 Å². The van der Waals surface area contributed by atoms with Gasteiger partial charge in [-0.05, 0) is 26.2 Å². The van der Waals surface area contributed by atoms with E-state index in [1.807, 2.05) is 6.92 Å². The highest BCUT2D eigenvalue weighted by Crippen LogP contribution is 2.23. The minimum absolute atomic E-state index is 0.156. The molecular weight excluding hydrogens is 246 g/mol. The zero-order chi connectivity index (χ0) is 13.7. The van der Waals surface area contributed by atoms with Gasteiger partial charge in [-0.3, -0.25) is 0 Å². The molecule has 0 aromatic carbocycles. The predicted octanol–water partition coefficient (Wildman–Crippen LogP) is 1.22. The van der Waals surface area contributed by atoms with E-state index in [1.54, 1.807) is 0 Å². The van der Waals surface area contributed by atoms with E-state index < -0.39 is 0 Å². The molecule has 0 aliphatic carbocycles. The Labute approximate surface area is 112 Å². The van der Waals surface area contributed by atoms with Crippen molar-refractivity contribution in [3.05, 3.63) is 0 Å². The molecule has 1 aliphatic rings. The molecule has 1 fully saturated rings. The SMILES string of the molecule is CCCOc1nc(N)nc(NC2(C)CCCOC2)n1. The molecule has 2 heterocycles. The van der Waals surface area contributed by atoms with Gasteiger partial charge >= 0.3 is 6.01 Å². The van der Waals surface area contributed by atoms with Crippen molar-refractivity contribution in [3.63, 3.8) is 0 Å². The second kappa shape index (κ2) is 6.01. The quantitative estimate of drug-likeness (QED) is 0.828. The molecule has 1 atom stereocenters. The molecule has 0 spiro atoms. The summed E-state index contributed by atoms with van der Waals surface area (Å²) >= 11 is 0. The van der Waals surface area contributed by atoms with Crippen LogP contribution in [-0.4, -0.2) is 40.3 Å². The van der Waals surface area contributed by atoms with Gasteiger partial charge in [-0.15, -0.1) is 0 Å². The number of aromatic nitrogens is 3. The molecular formula is C12H21N5O2. The highest BCUT2D eigenvalue weighted by Gasteiger charge is 2.28. The summed E-state index contributed by atoms with van der Waals surface area (Å²) in [5.41, 5.74) is 5.49. The molecule has 1 saturated heterocycles. The lowest BCUT2D eigenvalue weighted by Crippen LogP contribution is -2.43. The van der Waals surface area contributed by atoms with Crippen molar-refractivity contribution in [3.8, 4) is 6.01 Å². The fourth-order valence-electron chi connectivity index (χ4n) is 1.99. The molecule has 2 rings (SSSR count). The molecule has 1 aromatic heterocycles. The van der Waals surface area contributed by atoms with Crippen molar-refractivity contribution in [1.82, 2.24) is 15.0 Å². The maximum atomic E-state index is 5.67. The van der Waals surface area contributed by atoms with Gasteiger partial charge in [-0.1, -0.05) is 6.92 Å². The van der Waals surface area contributed by atoms with Crippen LogP contribution in [0.15, 0.2) is 0 Å². The summed E-state index contributed by atoms with van der Waals surface area (Å²) < 4.78 is 10.9. The van der Waals surface area contributed by atoms with Crippen molar-refractivity contribution in [2.75, 3.05) is 30.9 Å². The van der Waals surface area contributed by atoms with E-state index in [4.69, 9.17) is 15.2 Å². The molecule has 106 valence electrons. The minimum atomic E-state index is -0.173. The van der Waals surface area contributed by atoms with E-state index in [2.05, 4.69) is 27.2 Å². The van der Waals surface area contributed by atoms with Crippen molar-refractivity contribution < 1.29 is 9.47 Å². The lowest BCUT2D eigenvalue weighted by molar-refractivity contribution is 0.0537. The van der Waals surface area contributed by atoms with E-state index in [9.17, 15) is 0 Å². The second-order valence-corrected chi connectivity index (χ2v) is 4.99. The lowest BCUT2D eigenvalue weighted by Gasteiger charge is -2.34. The Bertz CT molecular complexity index is 421. The van der Waals surface area contributed by atoms with Crippen LogP contribution in [0.3, 0.4) is 0 Å². The fraction of sp³-hybridized carbons (Fsp3) is 0.750. The van der Waals surface area contributed by atoms with E-state index >= 15 is 0 Å². The molecule has 7 nitrogen and oxygen atoms in total. The van der Waals surface area contributed by atoms with Gasteiger partial charge < -0.3 is 20.5 Å². The normalized spacial score (nSPS) is 23.1. The van der Waals surface area contributed by atoms with Crippen LogP contribution in [0.4, 0.5) is 11.9 Å². The number of rotatable bonds is 5. The van der Waals surface area contributed by atoms with E-state index in [0.29, 0.717) is 19.2 Å². The number of nitrogens with one attached hydrogen (secondary N) is 1. The Hall–Kier alpha value is -1.63. The summed E-state index contributed by atoms with van der Waals surface area (Å²) in [6, 6.07) is 0.261. The number of anilines is 2. The molecule has 0 bridgehead atoms. The topological polar surface area (TPSA) is 95.2 Å². The smallest absolute Gasteiger partial charge is 0.323 e. The van der Waals surface area contributed by atoms with Crippen LogP contribution < -0.4 is 15.8 Å². The molecule has 0 amide bonds. The third-order valence-electron chi connectivity index (χ3n) is 2.92. The summed E-state index contributed by atoms with van der Waals surface area (Å²) in [7, 11) is 0. The van der Waals surface area contributed by atoms with Crippen molar-refractivity contribution in [2.24, 2.45) is 0 Å². The van der Waals surface area contributed by atoms with Crippen molar-refractivity contribution >= 4 is 11.9 Å². The monoisotopic (exact) mass is 267 g/mol. The fourth-order valence-corrected chi connectivity index (χ4v) is 1.99. The Kier molecular flexibility index (Phi) is 4.36. The zero-order valence-electron chi connectivity index (χ0n) is 11.5. The summed E-state index contributed by atoms with van der Waals surface area (Å²) in [6.07, 6.45) is 2.91. The van der Waals surface area contributed by atoms with E-state index in [-0.39, 0.29) is 17.5 Å².